The number of halogens is 2. The second kappa shape index (κ2) is 5.38. The van der Waals surface area contributed by atoms with E-state index in [1.54, 1.807) is 23.1 Å². The van der Waals surface area contributed by atoms with E-state index in [-0.39, 0.29) is 34.3 Å². The number of amides is 1. The highest BCUT2D eigenvalue weighted by molar-refractivity contribution is 6.34. The Morgan fingerprint density at radius 1 is 1.30 bits per heavy atom. The van der Waals surface area contributed by atoms with Crippen molar-refractivity contribution in [3.05, 3.63) is 58.8 Å². The van der Waals surface area contributed by atoms with Gasteiger partial charge in [-0.1, -0.05) is 22.8 Å². The van der Waals surface area contributed by atoms with Gasteiger partial charge in [0.15, 0.2) is 11.9 Å². The molecule has 2 aromatic rings. The first-order valence-corrected chi connectivity index (χ1v) is 7.54. The second-order valence-electron chi connectivity index (χ2n) is 5.51. The van der Waals surface area contributed by atoms with Gasteiger partial charge in [-0.3, -0.25) is 4.79 Å². The van der Waals surface area contributed by atoms with Crippen molar-refractivity contribution >= 4 is 23.2 Å². The summed E-state index contributed by atoms with van der Waals surface area (Å²) in [6.07, 6.45) is 1.16. The summed E-state index contributed by atoms with van der Waals surface area (Å²) >= 11 is 6.11. The van der Waals surface area contributed by atoms with Crippen molar-refractivity contribution in [1.82, 2.24) is 4.90 Å². The van der Waals surface area contributed by atoms with Crippen molar-refractivity contribution in [3.63, 3.8) is 0 Å². The second-order valence-corrected chi connectivity index (χ2v) is 5.92. The maximum Gasteiger partial charge on any atom is 0.289 e. The maximum atomic E-state index is 14.1. The number of carbonyl (C=O) groups is 1. The normalized spacial score (nSPS) is 22.7. The van der Waals surface area contributed by atoms with Crippen LogP contribution in [-0.2, 0) is 4.84 Å². The van der Waals surface area contributed by atoms with Crippen molar-refractivity contribution in [3.8, 4) is 0 Å². The SMILES string of the molecule is O=C(c1ccco1)N1CC2ON=C(c3c(F)cccc3Cl)C2C1. The zero-order chi connectivity index (χ0) is 16.0. The van der Waals surface area contributed by atoms with Crippen LogP contribution in [0.3, 0.4) is 0 Å². The smallest absolute Gasteiger partial charge is 0.289 e. The zero-order valence-electron chi connectivity index (χ0n) is 11.9. The van der Waals surface area contributed by atoms with Crippen LogP contribution < -0.4 is 0 Å². The Hall–Kier alpha value is -2.34. The van der Waals surface area contributed by atoms with Crippen LogP contribution in [0.25, 0.3) is 0 Å². The largest absolute Gasteiger partial charge is 0.459 e. The summed E-state index contributed by atoms with van der Waals surface area (Å²) in [7, 11) is 0. The summed E-state index contributed by atoms with van der Waals surface area (Å²) in [4.78, 5) is 19.4. The van der Waals surface area contributed by atoms with Crippen LogP contribution in [-0.4, -0.2) is 35.7 Å². The summed E-state index contributed by atoms with van der Waals surface area (Å²) in [6.45, 7) is 0.761. The lowest BCUT2D eigenvalue weighted by molar-refractivity contribution is 0.0613. The highest BCUT2D eigenvalue weighted by Crippen LogP contribution is 2.34. The number of rotatable bonds is 2. The maximum absolute atomic E-state index is 14.1. The molecule has 0 bridgehead atoms. The lowest BCUT2D eigenvalue weighted by atomic mass is 9.94. The standard InChI is InChI=1S/C16H12ClFN2O3/c17-10-3-1-4-11(18)14(10)15-9-7-20(8-13(9)23-19-15)16(21)12-5-2-6-22-12/h1-6,9,13H,7-8H2. The van der Waals surface area contributed by atoms with E-state index >= 15 is 0 Å². The van der Waals surface area contributed by atoms with E-state index in [4.69, 9.17) is 20.9 Å². The Morgan fingerprint density at radius 3 is 2.91 bits per heavy atom. The molecule has 1 saturated heterocycles. The summed E-state index contributed by atoms with van der Waals surface area (Å²) in [5, 5.41) is 4.28. The monoisotopic (exact) mass is 334 g/mol. The number of furan rings is 1. The number of hydrogen-bond acceptors (Lipinski definition) is 4. The fourth-order valence-corrected chi connectivity index (χ4v) is 3.29. The quantitative estimate of drug-likeness (QED) is 0.848. The predicted molar refractivity (Wildman–Crippen MR) is 80.9 cm³/mol. The minimum atomic E-state index is -0.448. The molecule has 2 aliphatic rings. The molecule has 2 aliphatic heterocycles. The van der Waals surface area contributed by atoms with E-state index in [1.807, 2.05) is 0 Å². The number of hydrogen-bond donors (Lipinski definition) is 0. The van der Waals surface area contributed by atoms with Gasteiger partial charge >= 0.3 is 0 Å². The number of carbonyl (C=O) groups excluding carboxylic acids is 1. The van der Waals surface area contributed by atoms with Gasteiger partial charge in [-0.2, -0.15) is 0 Å². The Morgan fingerprint density at radius 2 is 2.17 bits per heavy atom. The Balaban J connectivity index is 1.60. The highest BCUT2D eigenvalue weighted by Gasteiger charge is 2.45. The summed E-state index contributed by atoms with van der Waals surface area (Å²) in [5.74, 6) is -0.598. The van der Waals surface area contributed by atoms with Crippen molar-refractivity contribution in [1.29, 1.82) is 0 Å². The molecule has 5 nitrogen and oxygen atoms in total. The van der Waals surface area contributed by atoms with Gasteiger partial charge in [0.1, 0.15) is 11.5 Å². The average Bonchev–Trinajstić information content (AvgIpc) is 3.24. The molecular formula is C16H12ClFN2O3. The molecule has 118 valence electrons. The first-order valence-electron chi connectivity index (χ1n) is 7.16. The van der Waals surface area contributed by atoms with Gasteiger partial charge in [0, 0.05) is 6.54 Å². The van der Waals surface area contributed by atoms with E-state index in [1.165, 1.54) is 18.4 Å². The summed E-state index contributed by atoms with van der Waals surface area (Å²) in [5.41, 5.74) is 0.696. The minimum absolute atomic E-state index is 0.205. The van der Waals surface area contributed by atoms with Crippen LogP contribution in [0.4, 0.5) is 4.39 Å². The number of likely N-dealkylation sites (tertiary alicyclic amines) is 1. The molecule has 1 aromatic heterocycles. The molecule has 7 heteroatoms. The number of oxime groups is 1. The third kappa shape index (κ3) is 2.30. The molecule has 2 atom stereocenters. The molecule has 0 spiro atoms. The molecule has 1 fully saturated rings. The van der Waals surface area contributed by atoms with E-state index in [9.17, 15) is 9.18 Å². The fraction of sp³-hybridized carbons (Fsp3) is 0.250. The number of benzene rings is 1. The third-order valence-corrected chi connectivity index (χ3v) is 4.46. The summed E-state index contributed by atoms with van der Waals surface area (Å²) < 4.78 is 19.3. The zero-order valence-corrected chi connectivity index (χ0v) is 12.7. The molecule has 23 heavy (non-hydrogen) atoms. The van der Waals surface area contributed by atoms with Crippen LogP contribution in [0.1, 0.15) is 16.1 Å². The predicted octanol–water partition coefficient (Wildman–Crippen LogP) is 2.95. The Labute approximate surface area is 136 Å². The lowest BCUT2D eigenvalue weighted by Gasteiger charge is -2.15. The fourth-order valence-electron chi connectivity index (χ4n) is 3.03. The average molecular weight is 335 g/mol. The minimum Gasteiger partial charge on any atom is -0.459 e. The first-order chi connectivity index (χ1) is 11.1. The van der Waals surface area contributed by atoms with E-state index in [2.05, 4.69) is 5.16 Å². The van der Waals surface area contributed by atoms with Gasteiger partial charge in [0.25, 0.3) is 5.91 Å². The molecule has 1 aromatic carbocycles. The van der Waals surface area contributed by atoms with Crippen LogP contribution >= 0.6 is 11.6 Å². The van der Waals surface area contributed by atoms with Gasteiger partial charge in [-0.25, -0.2) is 4.39 Å². The first kappa shape index (κ1) is 14.3. The molecule has 2 unspecified atom stereocenters. The molecule has 0 radical (unpaired) electrons. The number of nitrogens with zero attached hydrogens (tertiary/aromatic N) is 2. The molecular weight excluding hydrogens is 323 g/mol. The Kier molecular flexibility index (Phi) is 3.34. The van der Waals surface area contributed by atoms with Crippen LogP contribution in [0.2, 0.25) is 5.02 Å². The van der Waals surface area contributed by atoms with Gasteiger partial charge in [-0.15, -0.1) is 0 Å². The number of fused-ring (bicyclic) bond motifs is 1. The van der Waals surface area contributed by atoms with E-state index < -0.39 is 5.82 Å². The molecule has 0 N–H and O–H groups in total. The van der Waals surface area contributed by atoms with E-state index in [0.29, 0.717) is 18.8 Å². The topological polar surface area (TPSA) is 55.0 Å². The van der Waals surface area contributed by atoms with Crippen molar-refractivity contribution in [2.75, 3.05) is 13.1 Å². The van der Waals surface area contributed by atoms with Crippen LogP contribution in [0.5, 0.6) is 0 Å². The van der Waals surface area contributed by atoms with E-state index in [0.717, 1.165) is 0 Å². The van der Waals surface area contributed by atoms with Gasteiger partial charge in [-0.05, 0) is 24.3 Å². The molecule has 4 rings (SSSR count). The highest BCUT2D eigenvalue weighted by atomic mass is 35.5. The van der Waals surface area contributed by atoms with Gasteiger partial charge in [0.05, 0.1) is 29.3 Å². The van der Waals surface area contributed by atoms with Gasteiger partial charge in [0.2, 0.25) is 0 Å². The molecule has 0 aliphatic carbocycles. The molecule has 3 heterocycles. The van der Waals surface area contributed by atoms with Crippen molar-refractivity contribution < 1.29 is 18.4 Å². The van der Waals surface area contributed by atoms with Crippen LogP contribution in [0, 0.1) is 11.7 Å². The van der Waals surface area contributed by atoms with Gasteiger partial charge < -0.3 is 14.2 Å². The summed E-state index contributed by atoms with van der Waals surface area (Å²) in [6, 6.07) is 7.75. The lowest BCUT2D eigenvalue weighted by Crippen LogP contribution is -2.30. The Bertz CT molecular complexity index is 770. The molecule has 0 saturated carbocycles. The van der Waals surface area contributed by atoms with Crippen molar-refractivity contribution in [2.24, 2.45) is 11.1 Å². The van der Waals surface area contributed by atoms with Crippen molar-refractivity contribution in [2.45, 2.75) is 6.10 Å². The third-order valence-electron chi connectivity index (χ3n) is 4.14. The van der Waals surface area contributed by atoms with Crippen LogP contribution in [0.15, 0.2) is 46.2 Å². The molecule has 1 amide bonds.